The lowest BCUT2D eigenvalue weighted by atomic mass is 10.2. The van der Waals surface area contributed by atoms with Gasteiger partial charge >= 0.3 is 5.97 Å². The van der Waals surface area contributed by atoms with Gasteiger partial charge in [-0.2, -0.15) is 4.99 Å². The second-order valence-corrected chi connectivity index (χ2v) is 6.84. The van der Waals surface area contributed by atoms with Gasteiger partial charge in [0, 0.05) is 5.56 Å². The van der Waals surface area contributed by atoms with Gasteiger partial charge in [-0.25, -0.2) is 4.79 Å². The van der Waals surface area contributed by atoms with E-state index >= 15 is 0 Å². The van der Waals surface area contributed by atoms with E-state index in [0.29, 0.717) is 27.4 Å². The summed E-state index contributed by atoms with van der Waals surface area (Å²) in [6.07, 6.45) is 5.49. The lowest BCUT2D eigenvalue weighted by Crippen LogP contribution is -2.16. The first-order valence-corrected chi connectivity index (χ1v) is 9.30. The van der Waals surface area contributed by atoms with Crippen molar-refractivity contribution in [3.63, 3.8) is 0 Å². The highest BCUT2D eigenvalue weighted by Gasteiger charge is 2.14. The summed E-state index contributed by atoms with van der Waals surface area (Å²) in [6.45, 7) is 0.232. The average molecular weight is 410 g/mol. The van der Waals surface area contributed by atoms with Crippen LogP contribution in [0.25, 0.3) is 10.2 Å². The molecule has 8 heteroatoms. The van der Waals surface area contributed by atoms with Gasteiger partial charge in [0.25, 0.3) is 5.91 Å². The lowest BCUT2D eigenvalue weighted by molar-refractivity contribution is 0.0601. The minimum absolute atomic E-state index is 0.232. The van der Waals surface area contributed by atoms with Crippen molar-refractivity contribution in [2.75, 3.05) is 21.3 Å². The molecule has 1 aromatic heterocycles. The zero-order chi connectivity index (χ0) is 21.0. The van der Waals surface area contributed by atoms with E-state index in [-0.39, 0.29) is 6.54 Å². The molecule has 0 radical (unpaired) electrons. The van der Waals surface area contributed by atoms with Crippen molar-refractivity contribution in [3.05, 3.63) is 52.3 Å². The third-order valence-electron chi connectivity index (χ3n) is 4.18. The Morgan fingerprint density at radius 3 is 2.45 bits per heavy atom. The number of benzene rings is 2. The van der Waals surface area contributed by atoms with Crippen LogP contribution in [0, 0.1) is 12.3 Å². The average Bonchev–Trinajstić information content (AvgIpc) is 3.08. The van der Waals surface area contributed by atoms with E-state index in [1.807, 2.05) is 0 Å². The van der Waals surface area contributed by atoms with Crippen LogP contribution in [0.2, 0.25) is 0 Å². The topological polar surface area (TPSA) is 79.1 Å². The van der Waals surface area contributed by atoms with Crippen LogP contribution in [0.3, 0.4) is 0 Å². The maximum atomic E-state index is 12.7. The summed E-state index contributed by atoms with van der Waals surface area (Å²) in [5.74, 6) is 2.63. The molecule has 7 nitrogen and oxygen atoms in total. The van der Waals surface area contributed by atoms with E-state index in [4.69, 9.17) is 20.6 Å². The number of ether oxygens (including phenoxy) is 3. The van der Waals surface area contributed by atoms with Gasteiger partial charge < -0.3 is 18.8 Å². The molecule has 1 amide bonds. The van der Waals surface area contributed by atoms with Crippen molar-refractivity contribution in [1.82, 2.24) is 4.57 Å². The molecule has 3 aromatic rings. The monoisotopic (exact) mass is 410 g/mol. The van der Waals surface area contributed by atoms with Crippen molar-refractivity contribution in [2.45, 2.75) is 6.54 Å². The van der Waals surface area contributed by atoms with Crippen LogP contribution >= 0.6 is 11.3 Å². The number of esters is 1. The summed E-state index contributed by atoms with van der Waals surface area (Å²) in [5, 5.41) is 0. The third kappa shape index (κ3) is 4.00. The van der Waals surface area contributed by atoms with Gasteiger partial charge in [-0.1, -0.05) is 17.3 Å². The Labute approximate surface area is 171 Å². The van der Waals surface area contributed by atoms with E-state index < -0.39 is 11.9 Å². The Balaban J connectivity index is 2.11. The number of amides is 1. The molecule has 0 aliphatic carbocycles. The first kappa shape index (κ1) is 20.2. The summed E-state index contributed by atoms with van der Waals surface area (Å²) >= 11 is 1.26. The molecule has 148 valence electrons. The van der Waals surface area contributed by atoms with Crippen molar-refractivity contribution < 1.29 is 23.8 Å². The lowest BCUT2D eigenvalue weighted by Gasteiger charge is -2.07. The summed E-state index contributed by atoms with van der Waals surface area (Å²) < 4.78 is 17.7. The first-order chi connectivity index (χ1) is 14.0. The van der Waals surface area contributed by atoms with Crippen LogP contribution in [0.4, 0.5) is 0 Å². The molecular formula is C21H18N2O5S. The van der Waals surface area contributed by atoms with Crippen molar-refractivity contribution in [1.29, 1.82) is 0 Å². The summed E-state index contributed by atoms with van der Waals surface area (Å²) in [6, 6.07) is 9.92. The number of hydrogen-bond donors (Lipinski definition) is 0. The fraction of sp³-hybridized carbons (Fsp3) is 0.190. The highest BCUT2D eigenvalue weighted by Crippen LogP contribution is 2.28. The highest BCUT2D eigenvalue weighted by atomic mass is 32.1. The van der Waals surface area contributed by atoms with Gasteiger partial charge in [-0.15, -0.1) is 6.42 Å². The number of aromatic nitrogens is 1. The van der Waals surface area contributed by atoms with E-state index in [1.165, 1.54) is 32.7 Å². The minimum atomic E-state index is -0.448. The van der Waals surface area contributed by atoms with E-state index in [2.05, 4.69) is 10.9 Å². The molecule has 0 aliphatic heterocycles. The Morgan fingerprint density at radius 2 is 1.79 bits per heavy atom. The number of terminal acetylenes is 1. The number of carbonyl (C=O) groups excluding carboxylic acids is 2. The van der Waals surface area contributed by atoms with Crippen LogP contribution < -0.4 is 14.3 Å². The number of fused-ring (bicyclic) bond motifs is 1. The number of carbonyl (C=O) groups is 2. The highest BCUT2D eigenvalue weighted by molar-refractivity contribution is 7.16. The molecule has 0 saturated heterocycles. The largest absolute Gasteiger partial charge is 0.493 e. The van der Waals surface area contributed by atoms with Gasteiger partial charge in [-0.3, -0.25) is 4.79 Å². The maximum absolute atomic E-state index is 12.7. The van der Waals surface area contributed by atoms with Crippen molar-refractivity contribution in [3.8, 4) is 23.8 Å². The Bertz CT molecular complexity index is 1200. The Kier molecular flexibility index (Phi) is 6.00. The molecular weight excluding hydrogens is 392 g/mol. The van der Waals surface area contributed by atoms with Crippen molar-refractivity contribution >= 4 is 33.4 Å². The normalized spacial score (nSPS) is 11.2. The van der Waals surface area contributed by atoms with Crippen LogP contribution in [0.1, 0.15) is 20.7 Å². The number of rotatable bonds is 5. The predicted octanol–water partition coefficient (Wildman–Crippen LogP) is 2.88. The zero-order valence-electron chi connectivity index (χ0n) is 16.1. The standard InChI is InChI=1S/C21H18N2O5S/c1-5-10-23-15-8-6-14(20(25)28-4)12-18(15)29-21(23)22-19(24)13-7-9-16(26-2)17(11-13)27-3/h1,6-9,11-12H,10H2,2-4H3. The van der Waals surface area contributed by atoms with E-state index in [0.717, 1.165) is 10.2 Å². The fourth-order valence-corrected chi connectivity index (χ4v) is 3.84. The molecule has 0 N–H and O–H groups in total. The summed E-state index contributed by atoms with van der Waals surface area (Å²) in [7, 11) is 4.34. The molecule has 3 rings (SSSR count). The zero-order valence-corrected chi connectivity index (χ0v) is 16.9. The smallest absolute Gasteiger partial charge is 0.337 e. The molecule has 1 heterocycles. The summed E-state index contributed by atoms with van der Waals surface area (Å²) in [5.41, 5.74) is 1.54. The van der Waals surface area contributed by atoms with Gasteiger partial charge in [0.2, 0.25) is 0 Å². The van der Waals surface area contributed by atoms with Crippen LogP contribution in [-0.2, 0) is 11.3 Å². The third-order valence-corrected chi connectivity index (χ3v) is 5.22. The van der Waals surface area contributed by atoms with Crippen LogP contribution in [-0.4, -0.2) is 37.8 Å². The number of nitrogens with zero attached hydrogens (tertiary/aromatic N) is 2. The van der Waals surface area contributed by atoms with Gasteiger partial charge in [0.15, 0.2) is 16.3 Å². The summed E-state index contributed by atoms with van der Waals surface area (Å²) in [4.78, 5) is 29.2. The van der Waals surface area contributed by atoms with Gasteiger partial charge in [0.1, 0.15) is 0 Å². The molecule has 0 aliphatic rings. The number of thiazole rings is 1. The molecule has 0 spiro atoms. The van der Waals surface area contributed by atoms with E-state index in [9.17, 15) is 9.59 Å². The molecule has 0 saturated carbocycles. The van der Waals surface area contributed by atoms with E-state index in [1.54, 1.807) is 41.0 Å². The molecule has 2 aromatic carbocycles. The molecule has 0 unspecified atom stereocenters. The van der Waals surface area contributed by atoms with Crippen LogP contribution in [0.5, 0.6) is 11.5 Å². The molecule has 0 fully saturated rings. The minimum Gasteiger partial charge on any atom is -0.493 e. The predicted molar refractivity (Wildman–Crippen MR) is 109 cm³/mol. The van der Waals surface area contributed by atoms with Gasteiger partial charge in [0.05, 0.1) is 43.7 Å². The first-order valence-electron chi connectivity index (χ1n) is 8.48. The quantitative estimate of drug-likeness (QED) is 0.477. The SMILES string of the molecule is C#CCn1c(=NC(=O)c2ccc(OC)c(OC)c2)sc2cc(C(=O)OC)ccc21. The molecule has 0 bridgehead atoms. The second-order valence-electron chi connectivity index (χ2n) is 5.84. The Hall–Kier alpha value is -3.57. The molecule has 29 heavy (non-hydrogen) atoms. The second kappa shape index (κ2) is 8.63. The number of hydrogen-bond acceptors (Lipinski definition) is 6. The number of methoxy groups -OCH3 is 3. The fourth-order valence-electron chi connectivity index (χ4n) is 2.77. The van der Waals surface area contributed by atoms with Crippen molar-refractivity contribution in [2.24, 2.45) is 4.99 Å². The van der Waals surface area contributed by atoms with Gasteiger partial charge in [-0.05, 0) is 36.4 Å². The van der Waals surface area contributed by atoms with Crippen LogP contribution in [0.15, 0.2) is 41.4 Å². The molecule has 0 atom stereocenters. The Morgan fingerprint density at radius 1 is 1.07 bits per heavy atom. The maximum Gasteiger partial charge on any atom is 0.337 e.